The van der Waals surface area contributed by atoms with Crippen LogP contribution in [0.15, 0.2) is 29.3 Å². The number of fused-ring (bicyclic) bond motifs is 2. The number of thioether (sulfide) groups is 1. The molecule has 9 atom stereocenters. The molecule has 0 saturated carbocycles. The fourth-order valence-electron chi connectivity index (χ4n) is 8.25. The maximum atomic E-state index is 14.6. The Kier molecular flexibility index (Phi) is 16.5. The molecule has 0 unspecified atom stereocenters. The van der Waals surface area contributed by atoms with Crippen LogP contribution in [-0.4, -0.2) is 130 Å². The molecule has 59 heavy (non-hydrogen) atoms. The van der Waals surface area contributed by atoms with Gasteiger partial charge in [-0.15, -0.1) is 11.8 Å². The molecule has 330 valence electrons. The number of hydrogen-bond acceptors (Lipinski definition) is 10. The Hall–Kier alpha value is -3.65. The van der Waals surface area contributed by atoms with Crippen molar-refractivity contribution >= 4 is 46.4 Å². The molecule has 14 heteroatoms. The Morgan fingerprint density at radius 3 is 2.27 bits per heavy atom. The van der Waals surface area contributed by atoms with Gasteiger partial charge in [-0.25, -0.2) is 4.79 Å². The van der Waals surface area contributed by atoms with Gasteiger partial charge in [0.1, 0.15) is 36.0 Å². The number of aliphatic imine (C=N–C) groups is 1. The zero-order chi connectivity index (χ0) is 44.0. The summed E-state index contributed by atoms with van der Waals surface area (Å²) >= 11 is 1.60. The summed E-state index contributed by atoms with van der Waals surface area (Å²) in [5.41, 5.74) is -0.260. The number of carbonyl (C=O) groups excluding carboxylic acids is 5. The third-order valence-corrected chi connectivity index (χ3v) is 14.3. The fraction of sp³-hybridized carbons (Fsp3) is 0.733. The van der Waals surface area contributed by atoms with Crippen molar-refractivity contribution in [2.75, 3.05) is 33.5 Å². The van der Waals surface area contributed by atoms with Gasteiger partial charge in [0.15, 0.2) is 0 Å². The van der Waals surface area contributed by atoms with Crippen LogP contribution in [0.5, 0.6) is 5.75 Å². The van der Waals surface area contributed by atoms with Crippen molar-refractivity contribution in [1.82, 2.24) is 20.0 Å². The summed E-state index contributed by atoms with van der Waals surface area (Å²) in [5, 5.41) is 15.5. The first kappa shape index (κ1) is 48.0. The number of cyclic esters (lactones) is 1. The van der Waals surface area contributed by atoms with E-state index in [-0.39, 0.29) is 42.5 Å². The highest BCUT2D eigenvalue weighted by molar-refractivity contribution is 8.14. The molecule has 1 fully saturated rings. The first-order valence-electron chi connectivity index (χ1n) is 21.5. The molecule has 1 aromatic rings. The Bertz CT molecular complexity index is 1680. The molecule has 3 heterocycles. The number of nitrogens with zero attached hydrogens (tertiary/aromatic N) is 4. The molecule has 4 amide bonds. The maximum absolute atomic E-state index is 14.6. The zero-order valence-corrected chi connectivity index (χ0v) is 38.4. The van der Waals surface area contributed by atoms with Crippen molar-refractivity contribution < 1.29 is 38.6 Å². The Balaban J connectivity index is 1.71. The van der Waals surface area contributed by atoms with E-state index in [0.29, 0.717) is 56.6 Å². The molecule has 3 aliphatic heterocycles. The van der Waals surface area contributed by atoms with Gasteiger partial charge >= 0.3 is 5.97 Å². The van der Waals surface area contributed by atoms with E-state index in [4.69, 9.17) is 14.5 Å². The molecule has 1 aromatic carbocycles. The van der Waals surface area contributed by atoms with Gasteiger partial charge in [-0.1, -0.05) is 73.9 Å². The van der Waals surface area contributed by atoms with Crippen LogP contribution in [0.25, 0.3) is 0 Å². The Morgan fingerprint density at radius 2 is 1.66 bits per heavy atom. The van der Waals surface area contributed by atoms with Crippen LogP contribution in [-0.2, 0) is 35.1 Å². The van der Waals surface area contributed by atoms with E-state index in [2.05, 4.69) is 12.2 Å². The number of benzene rings is 1. The van der Waals surface area contributed by atoms with E-state index in [1.54, 1.807) is 56.9 Å². The third kappa shape index (κ3) is 11.8. The zero-order valence-electron chi connectivity index (χ0n) is 37.6. The monoisotopic (exact) mass is 842 g/mol. The minimum atomic E-state index is -0.982. The largest absolute Gasteiger partial charge is 0.497 e. The van der Waals surface area contributed by atoms with E-state index in [9.17, 15) is 29.1 Å². The highest BCUT2D eigenvalue weighted by Gasteiger charge is 2.45. The van der Waals surface area contributed by atoms with Crippen molar-refractivity contribution in [3.05, 3.63) is 29.8 Å². The Morgan fingerprint density at radius 1 is 1.00 bits per heavy atom. The SMILES string of the molecule is CC[C@H](C)[C@@H]1C(=O)N2CCC[C@@H]2C(=O)O[C@@H](C(C)(C)C)C[C@H](C)C[C@H](O)C(C)(C)C2=N[C@H](CCC(=O)N[C@H](Cc3ccc(OC)cc3)C(=O)N(C)[C@H](C)C(=O)N1C)CS2. The van der Waals surface area contributed by atoms with E-state index in [1.165, 1.54) is 9.80 Å². The standard InChI is InChI=1S/C45H71N5O8S/c1-13-28(3)38-41(55)50-22-14-15-34(50)42(56)58-36(44(5,6)7)24-27(2)23-35(51)45(8,9)43-46-31(26-59-43)18-21-37(52)47-33(25-30-16-19-32(57-12)20-17-30)40(54)48(10)29(4)39(53)49(38)11/h16-17,19-20,27-29,31,33-36,38,51H,13-15,18,21-26H2,1-12H3,(H,47,52)/t27-,28+,29-,31-,33-,34-,35+,36-,38-/m1/s1. The fourth-order valence-corrected chi connectivity index (χ4v) is 9.57. The number of likely N-dealkylation sites (N-methyl/N-ethyl adjacent to an activating group) is 2. The van der Waals surface area contributed by atoms with Gasteiger partial charge in [-0.2, -0.15) is 0 Å². The van der Waals surface area contributed by atoms with Gasteiger partial charge in [0.25, 0.3) is 0 Å². The summed E-state index contributed by atoms with van der Waals surface area (Å²) in [4.78, 5) is 80.3. The Labute approximate surface area is 356 Å². The van der Waals surface area contributed by atoms with Crippen LogP contribution in [0.3, 0.4) is 0 Å². The van der Waals surface area contributed by atoms with Crippen molar-refractivity contribution in [3.63, 3.8) is 0 Å². The average molecular weight is 842 g/mol. The first-order valence-corrected chi connectivity index (χ1v) is 22.4. The lowest BCUT2D eigenvalue weighted by Gasteiger charge is -2.39. The molecule has 3 aliphatic rings. The van der Waals surface area contributed by atoms with Crippen LogP contribution in [0.1, 0.15) is 113 Å². The minimum Gasteiger partial charge on any atom is -0.497 e. The number of methoxy groups -OCH3 is 1. The quantitative estimate of drug-likeness (QED) is 0.366. The summed E-state index contributed by atoms with van der Waals surface area (Å²) in [7, 11) is 4.70. The predicted molar refractivity (Wildman–Crippen MR) is 232 cm³/mol. The highest BCUT2D eigenvalue weighted by atomic mass is 32.2. The van der Waals surface area contributed by atoms with Crippen LogP contribution < -0.4 is 10.1 Å². The number of amides is 4. The van der Waals surface area contributed by atoms with Crippen molar-refractivity contribution in [3.8, 4) is 5.75 Å². The van der Waals surface area contributed by atoms with Gasteiger partial charge in [-0.3, -0.25) is 24.2 Å². The number of carbonyl (C=O) groups is 5. The molecule has 0 radical (unpaired) electrons. The van der Waals surface area contributed by atoms with Crippen molar-refractivity contribution in [2.24, 2.45) is 27.7 Å². The molecular formula is C45H71N5O8S. The second-order valence-electron chi connectivity index (χ2n) is 18.8. The summed E-state index contributed by atoms with van der Waals surface area (Å²) in [6.45, 7) is 18.0. The van der Waals surface area contributed by atoms with Gasteiger partial charge in [0.05, 0.1) is 24.3 Å². The molecule has 13 nitrogen and oxygen atoms in total. The number of aliphatic hydroxyl groups excluding tert-OH is 1. The van der Waals surface area contributed by atoms with Crippen molar-refractivity contribution in [2.45, 2.75) is 156 Å². The van der Waals surface area contributed by atoms with E-state index >= 15 is 0 Å². The van der Waals surface area contributed by atoms with Gasteiger partial charge in [-0.05, 0) is 74.0 Å². The molecule has 1 saturated heterocycles. The van der Waals surface area contributed by atoms with Crippen LogP contribution >= 0.6 is 11.8 Å². The summed E-state index contributed by atoms with van der Waals surface area (Å²) in [6, 6.07) is 3.47. The summed E-state index contributed by atoms with van der Waals surface area (Å²) in [6.07, 6.45) is 2.23. The maximum Gasteiger partial charge on any atom is 0.329 e. The van der Waals surface area contributed by atoms with Crippen LogP contribution in [0.2, 0.25) is 0 Å². The van der Waals surface area contributed by atoms with E-state index in [1.807, 2.05) is 60.6 Å². The number of nitrogens with one attached hydrogen (secondary N) is 1. The van der Waals surface area contributed by atoms with Crippen LogP contribution in [0.4, 0.5) is 0 Å². The van der Waals surface area contributed by atoms with Gasteiger partial charge < -0.3 is 34.6 Å². The minimum absolute atomic E-state index is 0.00766. The topological polar surface area (TPSA) is 158 Å². The molecule has 2 N–H and O–H groups in total. The molecule has 0 aliphatic carbocycles. The highest BCUT2D eigenvalue weighted by Crippen LogP contribution is 2.39. The van der Waals surface area contributed by atoms with Gasteiger partial charge in [0.2, 0.25) is 23.6 Å². The average Bonchev–Trinajstić information content (AvgIpc) is 3.89. The lowest BCUT2D eigenvalue weighted by Crippen LogP contribution is -2.59. The van der Waals surface area contributed by atoms with Crippen molar-refractivity contribution in [1.29, 1.82) is 0 Å². The number of aliphatic hydroxyl groups is 1. The third-order valence-electron chi connectivity index (χ3n) is 12.8. The second-order valence-corrected chi connectivity index (χ2v) is 19.8. The number of esters is 1. The summed E-state index contributed by atoms with van der Waals surface area (Å²) in [5.74, 6) is -0.903. The number of hydrogen-bond donors (Lipinski definition) is 2. The molecule has 4 rings (SSSR count). The van der Waals surface area contributed by atoms with Gasteiger partial charge in [0, 0.05) is 44.6 Å². The number of ether oxygens (including phenoxy) is 2. The normalized spacial score (nSPS) is 30.5. The van der Waals surface area contributed by atoms with E-state index < -0.39 is 65.0 Å². The summed E-state index contributed by atoms with van der Waals surface area (Å²) < 4.78 is 11.6. The molecule has 0 aromatic heterocycles. The lowest BCUT2D eigenvalue weighted by molar-refractivity contribution is -0.166. The molecule has 0 spiro atoms. The first-order chi connectivity index (χ1) is 27.6. The molecule has 2 bridgehead atoms. The molecular weight excluding hydrogens is 771 g/mol. The predicted octanol–water partition coefficient (Wildman–Crippen LogP) is 5.50. The van der Waals surface area contributed by atoms with Crippen LogP contribution in [0, 0.1) is 22.7 Å². The lowest BCUT2D eigenvalue weighted by atomic mass is 9.78. The second kappa shape index (κ2) is 20.3. The van der Waals surface area contributed by atoms with E-state index in [0.717, 1.165) is 10.6 Å². The number of rotatable bonds is 5. The smallest absolute Gasteiger partial charge is 0.329 e.